The van der Waals surface area contributed by atoms with Crippen LogP contribution in [0.5, 0.6) is 0 Å². The van der Waals surface area contributed by atoms with E-state index < -0.39 is 0 Å². The van der Waals surface area contributed by atoms with Crippen LogP contribution in [0, 0.1) is 0 Å². The van der Waals surface area contributed by atoms with Crippen LogP contribution < -0.4 is 10.6 Å². The second-order valence-corrected chi connectivity index (χ2v) is 4.25. The topological polar surface area (TPSA) is 4.93 Å². The molecule has 0 fully saturated rings. The summed E-state index contributed by atoms with van der Waals surface area (Å²) in [6.45, 7) is 12.0. The van der Waals surface area contributed by atoms with Gasteiger partial charge >= 0.3 is 0 Å². The van der Waals surface area contributed by atoms with E-state index in [0.29, 0.717) is 0 Å². The maximum atomic E-state index is 3.95. The maximum absolute atomic E-state index is 3.95. The third-order valence-corrected chi connectivity index (χ3v) is 3.30. The van der Waals surface area contributed by atoms with Crippen LogP contribution in [0.3, 0.4) is 0 Å². The van der Waals surface area contributed by atoms with Gasteiger partial charge in [0.05, 0.1) is 5.69 Å². The fraction of sp³-hybridized carbons (Fsp3) is 0.111. The third kappa shape index (κ3) is 2.08. The van der Waals surface area contributed by atoms with Crippen LogP contribution in [0.4, 0.5) is 0 Å². The summed E-state index contributed by atoms with van der Waals surface area (Å²) >= 11 is 0. The summed E-state index contributed by atoms with van der Waals surface area (Å²) in [6.07, 6.45) is 8.05. The van der Waals surface area contributed by atoms with Crippen LogP contribution in [0.1, 0.15) is 25.1 Å². The molecule has 96 valence electrons. The molecule has 1 heteroatoms. The smallest absolute Gasteiger partial charge is 0.0534 e. The number of para-hydroxylation sites is 1. The molecule has 0 N–H and O–H groups in total. The van der Waals surface area contributed by atoms with Gasteiger partial charge in [0.1, 0.15) is 0 Å². The second-order valence-electron chi connectivity index (χ2n) is 4.25. The lowest BCUT2D eigenvalue weighted by Crippen LogP contribution is -2.28. The minimum Gasteiger partial charge on any atom is -0.310 e. The second kappa shape index (κ2) is 5.57. The van der Waals surface area contributed by atoms with Gasteiger partial charge in [0.2, 0.25) is 0 Å². The molecule has 2 aromatic rings. The summed E-state index contributed by atoms with van der Waals surface area (Å²) in [5, 5.41) is 2.38. The summed E-state index contributed by atoms with van der Waals surface area (Å²) < 4.78 is 2.22. The van der Waals surface area contributed by atoms with Crippen LogP contribution >= 0.6 is 0 Å². The Hall–Kier alpha value is -2.28. The standard InChI is InChI=1S/C18H19N/c1-5-15-16(6-2)18(8-4)19(17(15)7-3)14-12-10-9-11-13-14/h5-13H,1,3H2,2,4H3/b16-6-,18-8+. The Morgan fingerprint density at radius 1 is 0.947 bits per heavy atom. The molecule has 0 bridgehead atoms. The maximum Gasteiger partial charge on any atom is 0.0534 e. The van der Waals surface area contributed by atoms with Gasteiger partial charge in [0.15, 0.2) is 0 Å². The van der Waals surface area contributed by atoms with E-state index in [2.05, 4.69) is 55.9 Å². The first-order chi connectivity index (χ1) is 9.28. The lowest BCUT2D eigenvalue weighted by atomic mass is 10.2. The Bertz CT molecular complexity index is 715. The van der Waals surface area contributed by atoms with Crippen molar-refractivity contribution in [3.63, 3.8) is 0 Å². The van der Waals surface area contributed by atoms with Crippen LogP contribution in [-0.4, -0.2) is 4.57 Å². The number of aromatic nitrogens is 1. The van der Waals surface area contributed by atoms with Crippen molar-refractivity contribution in [2.24, 2.45) is 0 Å². The molecule has 0 aliphatic heterocycles. The fourth-order valence-electron chi connectivity index (χ4n) is 2.51. The van der Waals surface area contributed by atoms with E-state index in [-0.39, 0.29) is 0 Å². The zero-order chi connectivity index (χ0) is 13.8. The molecule has 0 atom stereocenters. The Balaban J connectivity index is 3.00. The van der Waals surface area contributed by atoms with Crippen molar-refractivity contribution >= 4 is 24.3 Å². The van der Waals surface area contributed by atoms with Gasteiger partial charge < -0.3 is 4.57 Å². The first-order valence-corrected chi connectivity index (χ1v) is 6.46. The van der Waals surface area contributed by atoms with Crippen LogP contribution in [0.25, 0.3) is 30.0 Å². The lowest BCUT2D eigenvalue weighted by Gasteiger charge is -2.07. The van der Waals surface area contributed by atoms with E-state index in [1.54, 1.807) is 0 Å². The Morgan fingerprint density at radius 3 is 2.11 bits per heavy atom. The molecule has 1 aromatic carbocycles. The summed E-state index contributed by atoms with van der Waals surface area (Å²) in [7, 11) is 0. The summed E-state index contributed by atoms with van der Waals surface area (Å²) in [5.74, 6) is 0. The van der Waals surface area contributed by atoms with Crippen molar-refractivity contribution in [3.05, 3.63) is 65.3 Å². The van der Waals surface area contributed by atoms with E-state index in [4.69, 9.17) is 0 Å². The average Bonchev–Trinajstić information content (AvgIpc) is 2.80. The minimum absolute atomic E-state index is 1.09. The quantitative estimate of drug-likeness (QED) is 0.786. The molecule has 1 nitrogen and oxygen atoms in total. The molecule has 0 unspecified atom stereocenters. The molecule has 0 saturated carbocycles. The molecule has 0 amide bonds. The SMILES string of the molecule is C=Cc1c(C=C)n(-c2ccccc2)c(=C/C)/c1=C\C. The highest BCUT2D eigenvalue weighted by molar-refractivity contribution is 5.66. The van der Waals surface area contributed by atoms with E-state index in [1.807, 2.05) is 30.4 Å². The average molecular weight is 249 g/mol. The van der Waals surface area contributed by atoms with Crippen LogP contribution in [0.2, 0.25) is 0 Å². The minimum atomic E-state index is 1.09. The van der Waals surface area contributed by atoms with Gasteiger partial charge in [-0.2, -0.15) is 0 Å². The highest BCUT2D eigenvalue weighted by Crippen LogP contribution is 2.13. The highest BCUT2D eigenvalue weighted by Gasteiger charge is 2.10. The molecule has 0 saturated heterocycles. The van der Waals surface area contributed by atoms with Gasteiger partial charge in [-0.05, 0) is 32.1 Å². The Kier molecular flexibility index (Phi) is 3.86. The van der Waals surface area contributed by atoms with Gasteiger partial charge in [-0.15, -0.1) is 0 Å². The van der Waals surface area contributed by atoms with Gasteiger partial charge in [-0.3, -0.25) is 0 Å². The first kappa shape index (κ1) is 13.2. The number of benzene rings is 1. The number of nitrogens with zero attached hydrogens (tertiary/aromatic N) is 1. The third-order valence-electron chi connectivity index (χ3n) is 3.30. The van der Waals surface area contributed by atoms with Gasteiger partial charge in [0.25, 0.3) is 0 Å². The van der Waals surface area contributed by atoms with Crippen molar-refractivity contribution in [2.75, 3.05) is 0 Å². The predicted octanol–water partition coefficient (Wildman–Crippen LogP) is 3.36. The molecule has 19 heavy (non-hydrogen) atoms. The summed E-state index contributed by atoms with van der Waals surface area (Å²) in [4.78, 5) is 0. The summed E-state index contributed by atoms with van der Waals surface area (Å²) in [6, 6.07) is 10.3. The van der Waals surface area contributed by atoms with Crippen molar-refractivity contribution in [1.82, 2.24) is 4.57 Å². The van der Waals surface area contributed by atoms with Gasteiger partial charge in [0, 0.05) is 21.8 Å². The molecule has 0 aliphatic rings. The normalized spacial score (nSPS) is 12.7. The van der Waals surface area contributed by atoms with Gasteiger partial charge in [-0.25, -0.2) is 0 Å². The number of rotatable bonds is 3. The molecule has 2 rings (SSSR count). The number of hydrogen-bond donors (Lipinski definition) is 0. The van der Waals surface area contributed by atoms with Crippen molar-refractivity contribution in [2.45, 2.75) is 13.8 Å². The molecular weight excluding hydrogens is 230 g/mol. The van der Waals surface area contributed by atoms with Crippen LogP contribution in [-0.2, 0) is 0 Å². The van der Waals surface area contributed by atoms with E-state index in [0.717, 1.165) is 16.9 Å². The van der Waals surface area contributed by atoms with Crippen molar-refractivity contribution in [3.8, 4) is 5.69 Å². The largest absolute Gasteiger partial charge is 0.310 e. The summed E-state index contributed by atoms with van der Waals surface area (Å²) in [5.41, 5.74) is 3.36. The Labute approximate surface area is 114 Å². The number of hydrogen-bond acceptors (Lipinski definition) is 0. The molecular formula is C18H19N. The zero-order valence-electron chi connectivity index (χ0n) is 11.6. The molecule has 0 aliphatic carbocycles. The first-order valence-electron chi connectivity index (χ1n) is 6.46. The van der Waals surface area contributed by atoms with E-state index >= 15 is 0 Å². The molecule has 1 heterocycles. The predicted molar refractivity (Wildman–Crippen MR) is 85.5 cm³/mol. The van der Waals surface area contributed by atoms with Crippen LogP contribution in [0.15, 0.2) is 43.5 Å². The fourth-order valence-corrected chi connectivity index (χ4v) is 2.51. The molecule has 0 spiro atoms. The molecule has 0 radical (unpaired) electrons. The lowest BCUT2D eigenvalue weighted by molar-refractivity contribution is 1.01. The van der Waals surface area contributed by atoms with Crippen molar-refractivity contribution < 1.29 is 0 Å². The Morgan fingerprint density at radius 2 is 1.63 bits per heavy atom. The highest BCUT2D eigenvalue weighted by atomic mass is 15.0. The van der Waals surface area contributed by atoms with Crippen molar-refractivity contribution in [1.29, 1.82) is 0 Å². The van der Waals surface area contributed by atoms with E-state index in [1.165, 1.54) is 10.6 Å². The molecule has 1 aromatic heterocycles. The zero-order valence-corrected chi connectivity index (χ0v) is 11.6. The monoisotopic (exact) mass is 249 g/mol. The van der Waals surface area contributed by atoms with Gasteiger partial charge in [-0.1, -0.05) is 49.6 Å². The van der Waals surface area contributed by atoms with E-state index in [9.17, 15) is 0 Å².